The van der Waals surface area contributed by atoms with Gasteiger partial charge < -0.3 is 5.32 Å². The van der Waals surface area contributed by atoms with Crippen molar-refractivity contribution < 1.29 is 18.4 Å². The van der Waals surface area contributed by atoms with E-state index in [0.717, 1.165) is 6.07 Å². The van der Waals surface area contributed by atoms with Crippen LogP contribution in [0.5, 0.6) is 0 Å². The molecule has 0 saturated carbocycles. The number of anilines is 1. The summed E-state index contributed by atoms with van der Waals surface area (Å²) >= 11 is 6.12. The second-order valence-electron chi connectivity index (χ2n) is 5.80. The van der Waals surface area contributed by atoms with Crippen molar-refractivity contribution in [1.29, 1.82) is 0 Å². The number of nitrogens with one attached hydrogen (secondary N) is 1. The van der Waals surface area contributed by atoms with Crippen molar-refractivity contribution in [2.75, 3.05) is 5.32 Å². The minimum absolute atomic E-state index is 0.0697. The Morgan fingerprint density at radius 3 is 2.52 bits per heavy atom. The summed E-state index contributed by atoms with van der Waals surface area (Å²) in [5.41, 5.74) is 0.241. The van der Waals surface area contributed by atoms with Gasteiger partial charge in [0.15, 0.2) is 17.4 Å². The fourth-order valence-electron chi connectivity index (χ4n) is 2.58. The van der Waals surface area contributed by atoms with Crippen molar-refractivity contribution in [1.82, 2.24) is 9.97 Å². The van der Waals surface area contributed by atoms with Gasteiger partial charge in [0.1, 0.15) is 0 Å². The maximum absolute atomic E-state index is 14.4. The summed E-state index contributed by atoms with van der Waals surface area (Å²) in [7, 11) is 0. The molecule has 5 nitrogen and oxygen atoms in total. The summed E-state index contributed by atoms with van der Waals surface area (Å²) in [6.07, 6.45) is 3.70. The van der Waals surface area contributed by atoms with Crippen LogP contribution in [0.3, 0.4) is 0 Å². The molecule has 3 rings (SSSR count). The highest BCUT2D eigenvalue weighted by atomic mass is 35.5. The molecule has 0 spiro atoms. The highest BCUT2D eigenvalue weighted by molar-refractivity contribution is 6.38. The maximum atomic E-state index is 14.4. The van der Waals surface area contributed by atoms with E-state index in [1.165, 1.54) is 24.5 Å². The molecule has 8 heteroatoms. The number of fused-ring (bicyclic) bond motifs is 1. The molecule has 1 aromatic heterocycles. The number of hydrogen-bond donors (Lipinski definition) is 1. The third kappa shape index (κ3) is 3.78. The Labute approximate surface area is 158 Å². The van der Waals surface area contributed by atoms with Crippen LogP contribution in [0.15, 0.2) is 36.7 Å². The molecule has 0 bridgehead atoms. The zero-order valence-corrected chi connectivity index (χ0v) is 15.0. The molecule has 1 N–H and O–H groups in total. The molecule has 0 fully saturated rings. The summed E-state index contributed by atoms with van der Waals surface area (Å²) < 4.78 is 28.4. The predicted octanol–water partition coefficient (Wildman–Crippen LogP) is 4.53. The van der Waals surface area contributed by atoms with Crippen LogP contribution < -0.4 is 5.32 Å². The van der Waals surface area contributed by atoms with Crippen LogP contribution >= 0.6 is 11.6 Å². The van der Waals surface area contributed by atoms with Gasteiger partial charge in [-0.15, -0.1) is 0 Å². The van der Waals surface area contributed by atoms with Crippen LogP contribution in [0.1, 0.15) is 35.7 Å². The SMILES string of the molecule is CCCC(=O)Nc1cc(F)c(F)c(C(=O)c2ccc3nccnc3c2)c1Cl. The number of halogens is 3. The molecule has 0 radical (unpaired) electrons. The minimum atomic E-state index is -1.38. The van der Waals surface area contributed by atoms with Crippen molar-refractivity contribution >= 4 is 40.0 Å². The molecular formula is C19H14ClF2N3O2. The Morgan fingerprint density at radius 1 is 1.11 bits per heavy atom. The predicted molar refractivity (Wildman–Crippen MR) is 97.9 cm³/mol. The molecule has 0 atom stereocenters. The maximum Gasteiger partial charge on any atom is 0.224 e. The molecule has 138 valence electrons. The number of ketones is 1. The number of carbonyl (C=O) groups is 2. The lowest BCUT2D eigenvalue weighted by molar-refractivity contribution is -0.116. The third-order valence-corrected chi connectivity index (χ3v) is 4.26. The Hall–Kier alpha value is -2.93. The Morgan fingerprint density at radius 2 is 1.81 bits per heavy atom. The van der Waals surface area contributed by atoms with E-state index in [-0.39, 0.29) is 22.7 Å². The van der Waals surface area contributed by atoms with E-state index in [1.807, 2.05) is 0 Å². The lowest BCUT2D eigenvalue weighted by Crippen LogP contribution is -2.14. The van der Waals surface area contributed by atoms with Crippen LogP contribution in [-0.4, -0.2) is 21.7 Å². The second kappa shape index (κ2) is 7.75. The van der Waals surface area contributed by atoms with Crippen LogP contribution in [0.25, 0.3) is 11.0 Å². The van der Waals surface area contributed by atoms with E-state index in [1.54, 1.807) is 13.0 Å². The Kier molecular flexibility index (Phi) is 5.41. The summed E-state index contributed by atoms with van der Waals surface area (Å²) in [4.78, 5) is 32.7. The Balaban J connectivity index is 2.07. The number of rotatable bonds is 5. The Bertz CT molecular complexity index is 1060. The van der Waals surface area contributed by atoms with Crippen molar-refractivity contribution in [2.45, 2.75) is 19.8 Å². The van der Waals surface area contributed by atoms with Gasteiger partial charge >= 0.3 is 0 Å². The first-order valence-corrected chi connectivity index (χ1v) is 8.53. The van der Waals surface area contributed by atoms with Crippen LogP contribution in [0, 0.1) is 11.6 Å². The van der Waals surface area contributed by atoms with Gasteiger partial charge in [-0.1, -0.05) is 18.5 Å². The molecule has 0 aliphatic heterocycles. The van der Waals surface area contributed by atoms with Gasteiger partial charge in [-0.3, -0.25) is 19.6 Å². The van der Waals surface area contributed by atoms with Gasteiger partial charge in [0.05, 0.1) is 27.3 Å². The fourth-order valence-corrected chi connectivity index (χ4v) is 2.85. The lowest BCUT2D eigenvalue weighted by Gasteiger charge is -2.12. The van der Waals surface area contributed by atoms with Crippen molar-refractivity contribution in [3.8, 4) is 0 Å². The van der Waals surface area contributed by atoms with E-state index < -0.39 is 28.9 Å². The first-order valence-electron chi connectivity index (χ1n) is 8.15. The summed E-state index contributed by atoms with van der Waals surface area (Å²) in [6, 6.07) is 5.15. The normalized spacial score (nSPS) is 10.8. The minimum Gasteiger partial charge on any atom is -0.325 e. The first kappa shape index (κ1) is 18.8. The largest absolute Gasteiger partial charge is 0.325 e. The number of amides is 1. The van der Waals surface area contributed by atoms with Crippen molar-refractivity contribution in [2.24, 2.45) is 0 Å². The van der Waals surface area contributed by atoms with E-state index in [4.69, 9.17) is 11.6 Å². The van der Waals surface area contributed by atoms with Gasteiger partial charge in [0.25, 0.3) is 0 Å². The molecule has 0 aliphatic carbocycles. The average Bonchev–Trinajstić information content (AvgIpc) is 2.66. The monoisotopic (exact) mass is 389 g/mol. The molecule has 3 aromatic rings. The summed E-state index contributed by atoms with van der Waals surface area (Å²) in [5, 5.41) is 2.04. The van der Waals surface area contributed by atoms with E-state index in [9.17, 15) is 18.4 Å². The molecule has 0 unspecified atom stereocenters. The number of benzene rings is 2. The van der Waals surface area contributed by atoms with E-state index in [0.29, 0.717) is 17.5 Å². The lowest BCUT2D eigenvalue weighted by atomic mass is 10.0. The van der Waals surface area contributed by atoms with Crippen LogP contribution in [-0.2, 0) is 4.79 Å². The van der Waals surface area contributed by atoms with Gasteiger partial charge in [-0.05, 0) is 24.6 Å². The van der Waals surface area contributed by atoms with E-state index in [2.05, 4.69) is 15.3 Å². The molecular weight excluding hydrogens is 376 g/mol. The smallest absolute Gasteiger partial charge is 0.224 e. The van der Waals surface area contributed by atoms with Gasteiger partial charge in [-0.25, -0.2) is 8.78 Å². The first-order chi connectivity index (χ1) is 12.9. The van der Waals surface area contributed by atoms with Crippen molar-refractivity contribution in [3.05, 3.63) is 64.4 Å². The number of carbonyl (C=O) groups excluding carboxylic acids is 2. The third-order valence-electron chi connectivity index (χ3n) is 3.87. The number of nitrogens with zero attached hydrogens (tertiary/aromatic N) is 2. The zero-order valence-electron chi connectivity index (χ0n) is 14.2. The molecule has 27 heavy (non-hydrogen) atoms. The molecule has 0 saturated heterocycles. The van der Waals surface area contributed by atoms with Crippen molar-refractivity contribution in [3.63, 3.8) is 0 Å². The molecule has 2 aromatic carbocycles. The summed E-state index contributed by atoms with van der Waals surface area (Å²) in [5.74, 6) is -3.90. The molecule has 1 amide bonds. The second-order valence-corrected chi connectivity index (χ2v) is 6.17. The van der Waals surface area contributed by atoms with Crippen LogP contribution in [0.4, 0.5) is 14.5 Å². The molecule has 1 heterocycles. The fraction of sp³-hybridized carbons (Fsp3) is 0.158. The quantitative estimate of drug-likeness (QED) is 0.514. The van der Waals surface area contributed by atoms with Gasteiger partial charge in [-0.2, -0.15) is 0 Å². The standard InChI is InChI=1S/C19H14ClF2N3O2/c1-2-3-15(26)25-14-9-11(21)18(22)16(17(14)20)19(27)10-4-5-12-13(8-10)24-7-6-23-12/h4-9H,2-3H2,1H3,(H,25,26). The molecule has 0 aliphatic rings. The highest BCUT2D eigenvalue weighted by Gasteiger charge is 2.25. The average molecular weight is 390 g/mol. The van der Waals surface area contributed by atoms with Gasteiger partial charge in [0, 0.05) is 30.4 Å². The topological polar surface area (TPSA) is 72.0 Å². The zero-order chi connectivity index (χ0) is 19.6. The van der Waals surface area contributed by atoms with Crippen LogP contribution in [0.2, 0.25) is 5.02 Å². The van der Waals surface area contributed by atoms with Gasteiger partial charge in [0.2, 0.25) is 5.91 Å². The number of hydrogen-bond acceptors (Lipinski definition) is 4. The summed E-state index contributed by atoms with van der Waals surface area (Å²) in [6.45, 7) is 1.80. The highest BCUT2D eigenvalue weighted by Crippen LogP contribution is 2.32. The number of aromatic nitrogens is 2. The van der Waals surface area contributed by atoms with E-state index >= 15 is 0 Å².